The van der Waals surface area contributed by atoms with Crippen LogP contribution in [0.3, 0.4) is 0 Å². The number of ether oxygens (including phenoxy) is 1. The molecule has 118 valence electrons. The van der Waals surface area contributed by atoms with Crippen molar-refractivity contribution in [1.82, 2.24) is 0 Å². The van der Waals surface area contributed by atoms with Gasteiger partial charge < -0.3 is 10.5 Å². The first-order valence-corrected chi connectivity index (χ1v) is 7.87. The monoisotopic (exact) mass is 361 g/mol. The molecule has 2 nitrogen and oxygen atoms in total. The van der Waals surface area contributed by atoms with Gasteiger partial charge in [0.15, 0.2) is 0 Å². The van der Waals surface area contributed by atoms with Gasteiger partial charge in [-0.3, -0.25) is 0 Å². The Morgan fingerprint density at radius 2 is 1.68 bits per heavy atom. The van der Waals surface area contributed by atoms with Gasteiger partial charge in [0.2, 0.25) is 0 Å². The van der Waals surface area contributed by atoms with Crippen LogP contribution in [0.5, 0.6) is 5.75 Å². The molecule has 0 spiro atoms. The van der Waals surface area contributed by atoms with Gasteiger partial charge in [-0.15, -0.1) is 0 Å². The first-order chi connectivity index (χ1) is 10.6. The summed E-state index contributed by atoms with van der Waals surface area (Å²) in [4.78, 5) is 0. The zero-order valence-corrected chi connectivity index (χ0v) is 14.2. The summed E-state index contributed by atoms with van der Waals surface area (Å²) in [5.74, 6) is 0.329. The van der Waals surface area contributed by atoms with Gasteiger partial charge in [0.1, 0.15) is 11.6 Å². The molecule has 1 aliphatic rings. The molecule has 0 saturated heterocycles. The Morgan fingerprint density at radius 1 is 1.05 bits per heavy atom. The fourth-order valence-corrected chi connectivity index (χ4v) is 3.45. The van der Waals surface area contributed by atoms with Gasteiger partial charge in [-0.25, -0.2) is 4.39 Å². The molecule has 0 saturated carbocycles. The molecule has 0 amide bonds. The smallest absolute Gasteiger partial charge is 0.130 e. The predicted octanol–water partition coefficient (Wildman–Crippen LogP) is 5.35. The molecule has 2 N–H and O–H groups in total. The van der Waals surface area contributed by atoms with Crippen LogP contribution in [0.15, 0.2) is 24.3 Å². The van der Waals surface area contributed by atoms with Crippen molar-refractivity contribution in [1.29, 1.82) is 0 Å². The lowest BCUT2D eigenvalue weighted by Crippen LogP contribution is -2.10. The fourth-order valence-electron chi connectivity index (χ4n) is 2.43. The Balaban J connectivity index is 0.000000847. The zero-order valence-electron chi connectivity index (χ0n) is 11.9. The number of benzene rings is 2. The summed E-state index contributed by atoms with van der Waals surface area (Å²) < 4.78 is 19.5. The standard InChI is InChI=1S/C15H10Cl3FO.CH5N/c16-9-5-12(17)14(13(18)6-9)11-7-10(19)4-8-2-1-3-20-15(8)11;1-2/h4-7H,1-3H2;2H2,1H3. The average molecular weight is 363 g/mol. The topological polar surface area (TPSA) is 35.2 Å². The van der Waals surface area contributed by atoms with Crippen molar-refractivity contribution in [3.63, 3.8) is 0 Å². The molecule has 0 atom stereocenters. The molecule has 2 aromatic carbocycles. The molecule has 0 aliphatic carbocycles. The number of aryl methyl sites for hydroxylation is 1. The van der Waals surface area contributed by atoms with Crippen LogP contribution in [0.25, 0.3) is 11.1 Å². The van der Waals surface area contributed by atoms with E-state index >= 15 is 0 Å². The van der Waals surface area contributed by atoms with Crippen LogP contribution in [0.2, 0.25) is 15.1 Å². The first kappa shape index (κ1) is 17.4. The summed E-state index contributed by atoms with van der Waals surface area (Å²) in [6.07, 6.45) is 1.65. The average Bonchev–Trinajstić information content (AvgIpc) is 2.48. The molecular weight excluding hydrogens is 348 g/mol. The van der Waals surface area contributed by atoms with Crippen LogP contribution >= 0.6 is 34.8 Å². The van der Waals surface area contributed by atoms with E-state index in [0.717, 1.165) is 18.4 Å². The van der Waals surface area contributed by atoms with E-state index in [1.807, 2.05) is 0 Å². The Bertz CT molecular complexity index is 668. The molecule has 0 fully saturated rings. The normalized spacial score (nSPS) is 12.8. The summed E-state index contributed by atoms with van der Waals surface area (Å²) in [7, 11) is 1.50. The van der Waals surface area contributed by atoms with Crippen LogP contribution in [-0.2, 0) is 6.42 Å². The van der Waals surface area contributed by atoms with Crippen molar-refractivity contribution in [2.24, 2.45) is 5.73 Å². The molecule has 0 radical (unpaired) electrons. The van der Waals surface area contributed by atoms with Crippen molar-refractivity contribution in [2.75, 3.05) is 13.7 Å². The van der Waals surface area contributed by atoms with E-state index in [1.165, 1.54) is 19.2 Å². The van der Waals surface area contributed by atoms with E-state index in [2.05, 4.69) is 5.73 Å². The van der Waals surface area contributed by atoms with Crippen molar-refractivity contribution in [3.05, 3.63) is 50.7 Å². The fraction of sp³-hybridized carbons (Fsp3) is 0.250. The van der Waals surface area contributed by atoms with Crippen LogP contribution in [0.4, 0.5) is 4.39 Å². The quantitative estimate of drug-likeness (QED) is 0.742. The summed E-state index contributed by atoms with van der Waals surface area (Å²) in [5, 5.41) is 1.20. The highest BCUT2D eigenvalue weighted by Crippen LogP contribution is 2.44. The Hall–Kier alpha value is -1.00. The lowest BCUT2D eigenvalue weighted by molar-refractivity contribution is 0.289. The van der Waals surface area contributed by atoms with E-state index in [4.69, 9.17) is 39.5 Å². The van der Waals surface area contributed by atoms with Crippen LogP contribution < -0.4 is 10.5 Å². The molecule has 0 aromatic heterocycles. The Labute approximate surface area is 143 Å². The Morgan fingerprint density at radius 3 is 2.32 bits per heavy atom. The number of fused-ring (bicyclic) bond motifs is 1. The highest BCUT2D eigenvalue weighted by molar-refractivity contribution is 6.42. The minimum atomic E-state index is -0.327. The molecule has 0 bridgehead atoms. The second-order valence-electron chi connectivity index (χ2n) is 4.64. The molecule has 22 heavy (non-hydrogen) atoms. The predicted molar refractivity (Wildman–Crippen MR) is 90.8 cm³/mol. The number of nitrogens with two attached hydrogens (primary N) is 1. The highest BCUT2D eigenvalue weighted by Gasteiger charge is 2.21. The van der Waals surface area contributed by atoms with E-state index in [9.17, 15) is 4.39 Å². The van der Waals surface area contributed by atoms with Crippen molar-refractivity contribution in [2.45, 2.75) is 12.8 Å². The van der Waals surface area contributed by atoms with Gasteiger partial charge in [-0.1, -0.05) is 34.8 Å². The first-order valence-electron chi connectivity index (χ1n) is 6.74. The number of rotatable bonds is 1. The van der Waals surface area contributed by atoms with Gasteiger partial charge in [0.05, 0.1) is 16.7 Å². The maximum atomic E-state index is 13.8. The van der Waals surface area contributed by atoms with E-state index < -0.39 is 0 Å². The lowest BCUT2D eigenvalue weighted by Gasteiger charge is -2.21. The lowest BCUT2D eigenvalue weighted by atomic mass is 9.97. The maximum Gasteiger partial charge on any atom is 0.130 e. The maximum absolute atomic E-state index is 13.8. The molecule has 1 heterocycles. The largest absolute Gasteiger partial charge is 0.493 e. The van der Waals surface area contributed by atoms with E-state index in [0.29, 0.717) is 38.6 Å². The SMILES string of the molecule is CN.Fc1cc2c(c(-c3c(Cl)cc(Cl)cc3Cl)c1)OCCC2. The second kappa shape index (κ2) is 7.51. The van der Waals surface area contributed by atoms with Gasteiger partial charge >= 0.3 is 0 Å². The third-order valence-corrected chi connectivity index (χ3v) is 4.06. The molecule has 2 aromatic rings. The summed E-state index contributed by atoms with van der Waals surface area (Å²) in [6, 6.07) is 6.07. The molecule has 1 aliphatic heterocycles. The van der Waals surface area contributed by atoms with E-state index in [1.54, 1.807) is 12.1 Å². The van der Waals surface area contributed by atoms with Crippen molar-refractivity contribution in [3.8, 4) is 16.9 Å². The van der Waals surface area contributed by atoms with Gasteiger partial charge in [0.25, 0.3) is 0 Å². The van der Waals surface area contributed by atoms with Crippen molar-refractivity contribution >= 4 is 34.8 Å². The number of halogens is 4. The molecule has 6 heteroatoms. The van der Waals surface area contributed by atoms with Crippen LogP contribution in [0.1, 0.15) is 12.0 Å². The van der Waals surface area contributed by atoms with E-state index in [-0.39, 0.29) is 5.82 Å². The van der Waals surface area contributed by atoms with Crippen LogP contribution in [-0.4, -0.2) is 13.7 Å². The molecule has 0 unspecified atom stereocenters. The van der Waals surface area contributed by atoms with Crippen molar-refractivity contribution < 1.29 is 9.13 Å². The van der Waals surface area contributed by atoms with Gasteiger partial charge in [-0.05, 0) is 49.7 Å². The summed E-state index contributed by atoms with van der Waals surface area (Å²) in [5.41, 5.74) is 6.47. The highest BCUT2D eigenvalue weighted by atomic mass is 35.5. The van der Waals surface area contributed by atoms with Crippen LogP contribution in [0, 0.1) is 5.82 Å². The third kappa shape index (κ3) is 3.49. The van der Waals surface area contributed by atoms with Gasteiger partial charge in [0, 0.05) is 16.1 Å². The number of hydrogen-bond acceptors (Lipinski definition) is 2. The molecule has 3 rings (SSSR count). The summed E-state index contributed by atoms with van der Waals surface area (Å²) in [6.45, 7) is 0.606. The second-order valence-corrected chi connectivity index (χ2v) is 5.89. The minimum Gasteiger partial charge on any atom is -0.493 e. The minimum absolute atomic E-state index is 0.327. The molecular formula is C16H15Cl3FNO. The summed E-state index contributed by atoms with van der Waals surface area (Å²) >= 11 is 18.3. The number of hydrogen-bond donors (Lipinski definition) is 1. The third-order valence-electron chi connectivity index (χ3n) is 3.24. The Kier molecular flexibility index (Phi) is 5.93. The van der Waals surface area contributed by atoms with Gasteiger partial charge in [-0.2, -0.15) is 0 Å². The zero-order chi connectivity index (χ0) is 16.3.